The van der Waals surface area contributed by atoms with Gasteiger partial charge in [-0.2, -0.15) is 0 Å². The Kier molecular flexibility index (Phi) is 2.47. The minimum absolute atomic E-state index is 0.0466. The lowest BCUT2D eigenvalue weighted by molar-refractivity contribution is -0.212. The van der Waals surface area contributed by atoms with Crippen LogP contribution in [0.2, 0.25) is 0 Å². The van der Waals surface area contributed by atoms with Crippen LogP contribution in [0.5, 0.6) is 0 Å². The van der Waals surface area contributed by atoms with E-state index in [4.69, 9.17) is 15.2 Å². The van der Waals surface area contributed by atoms with Gasteiger partial charge in [0.25, 0.3) is 0 Å². The van der Waals surface area contributed by atoms with E-state index in [-0.39, 0.29) is 5.41 Å². The third kappa shape index (κ3) is 1.49. The summed E-state index contributed by atoms with van der Waals surface area (Å²) in [5.74, 6) is -1.23. The molecule has 1 aliphatic carbocycles. The molecular weight excluding hydrogens is 230 g/mol. The lowest BCUT2D eigenvalue weighted by Gasteiger charge is -2.35. The number of nitrogens with two attached hydrogens (primary N) is 1. The summed E-state index contributed by atoms with van der Waals surface area (Å²) in [5.41, 5.74) is 6.67. The van der Waals surface area contributed by atoms with Gasteiger partial charge in [-0.15, -0.1) is 0 Å². The van der Waals surface area contributed by atoms with E-state index in [1.165, 1.54) is 0 Å². The first kappa shape index (κ1) is 11.7. The van der Waals surface area contributed by atoms with Crippen molar-refractivity contribution >= 4 is 5.91 Å². The number of rotatable bonds is 3. The van der Waals surface area contributed by atoms with Crippen LogP contribution in [0.15, 0.2) is 24.3 Å². The molecule has 1 heterocycles. The molecule has 1 saturated carbocycles. The lowest BCUT2D eigenvalue weighted by atomic mass is 9.87. The average Bonchev–Trinajstić information content (AvgIpc) is 2.95. The Morgan fingerprint density at radius 3 is 2.39 bits per heavy atom. The zero-order chi connectivity index (χ0) is 12.8. The molecule has 1 aromatic carbocycles. The molecule has 2 N–H and O–H groups in total. The molecule has 0 radical (unpaired) electrons. The highest BCUT2D eigenvalue weighted by Crippen LogP contribution is 2.61. The first-order chi connectivity index (χ1) is 8.59. The Hall–Kier alpha value is -1.39. The minimum Gasteiger partial charge on any atom is -0.366 e. The fraction of sp³-hybridized carbons (Fsp3) is 0.500. The Balaban J connectivity index is 2.14. The van der Waals surface area contributed by atoms with E-state index < -0.39 is 11.7 Å². The number of hydrogen-bond donors (Lipinski definition) is 1. The van der Waals surface area contributed by atoms with Crippen molar-refractivity contribution in [2.45, 2.75) is 25.6 Å². The van der Waals surface area contributed by atoms with Gasteiger partial charge in [-0.3, -0.25) is 4.79 Å². The monoisotopic (exact) mass is 247 g/mol. The normalized spacial score (nSPS) is 23.8. The Morgan fingerprint density at radius 2 is 1.83 bits per heavy atom. The molecule has 96 valence electrons. The van der Waals surface area contributed by atoms with E-state index in [0.717, 1.165) is 18.4 Å². The predicted molar refractivity (Wildman–Crippen MR) is 65.9 cm³/mol. The van der Waals surface area contributed by atoms with Crippen molar-refractivity contribution in [3.05, 3.63) is 35.4 Å². The zero-order valence-electron chi connectivity index (χ0n) is 10.4. The van der Waals surface area contributed by atoms with Crippen LogP contribution in [-0.4, -0.2) is 19.1 Å². The van der Waals surface area contributed by atoms with Crippen molar-refractivity contribution in [3.63, 3.8) is 0 Å². The highest BCUT2D eigenvalue weighted by molar-refractivity contribution is 5.94. The number of hydrogen-bond acceptors (Lipinski definition) is 3. The maximum absolute atomic E-state index is 11.6. The van der Waals surface area contributed by atoms with Crippen LogP contribution in [0, 0.1) is 5.41 Å². The van der Waals surface area contributed by atoms with Gasteiger partial charge in [0.15, 0.2) is 0 Å². The molecule has 18 heavy (non-hydrogen) atoms. The summed E-state index contributed by atoms with van der Waals surface area (Å²) in [5, 5.41) is 0. The quantitative estimate of drug-likeness (QED) is 0.885. The fourth-order valence-corrected chi connectivity index (χ4v) is 2.74. The molecule has 1 saturated heterocycles. The van der Waals surface area contributed by atoms with E-state index in [9.17, 15) is 4.79 Å². The van der Waals surface area contributed by atoms with Gasteiger partial charge in [0.05, 0.1) is 13.2 Å². The molecule has 2 aliphatic rings. The maximum atomic E-state index is 11.6. The number of amides is 1. The van der Waals surface area contributed by atoms with Gasteiger partial charge in [-0.25, -0.2) is 0 Å². The topological polar surface area (TPSA) is 61.6 Å². The molecule has 4 heteroatoms. The highest BCUT2D eigenvalue weighted by atomic mass is 16.7. The molecule has 0 bridgehead atoms. The van der Waals surface area contributed by atoms with Crippen LogP contribution >= 0.6 is 0 Å². The van der Waals surface area contributed by atoms with Gasteiger partial charge < -0.3 is 15.2 Å². The van der Waals surface area contributed by atoms with E-state index >= 15 is 0 Å². The van der Waals surface area contributed by atoms with Crippen LogP contribution in [0.4, 0.5) is 0 Å². The van der Waals surface area contributed by atoms with E-state index in [1.54, 1.807) is 6.07 Å². The SMILES string of the molecule is CC1(C2(c3ccccc3C(N)=O)OCCO2)CC1. The van der Waals surface area contributed by atoms with Crippen LogP contribution in [0.25, 0.3) is 0 Å². The van der Waals surface area contributed by atoms with Crippen LogP contribution in [0.3, 0.4) is 0 Å². The predicted octanol–water partition coefficient (Wildman–Crippen LogP) is 1.79. The molecule has 1 aromatic rings. The van der Waals surface area contributed by atoms with Crippen molar-refractivity contribution in [2.75, 3.05) is 13.2 Å². The summed E-state index contributed by atoms with van der Waals surface area (Å²) in [6, 6.07) is 7.31. The molecule has 1 aliphatic heterocycles. The summed E-state index contributed by atoms with van der Waals surface area (Å²) in [4.78, 5) is 11.6. The first-order valence-electron chi connectivity index (χ1n) is 6.26. The fourth-order valence-electron chi connectivity index (χ4n) is 2.74. The molecule has 3 rings (SSSR count). The van der Waals surface area contributed by atoms with Crippen molar-refractivity contribution in [2.24, 2.45) is 11.1 Å². The molecule has 2 fully saturated rings. The molecule has 0 atom stereocenters. The molecular formula is C14H17NO3. The van der Waals surface area contributed by atoms with E-state index in [2.05, 4.69) is 6.92 Å². The van der Waals surface area contributed by atoms with Gasteiger partial charge in [-0.05, 0) is 18.9 Å². The summed E-state index contributed by atoms with van der Waals surface area (Å²) < 4.78 is 11.8. The minimum atomic E-state index is -0.793. The van der Waals surface area contributed by atoms with E-state index in [0.29, 0.717) is 18.8 Å². The number of benzene rings is 1. The van der Waals surface area contributed by atoms with Crippen LogP contribution < -0.4 is 5.73 Å². The van der Waals surface area contributed by atoms with Crippen LogP contribution in [-0.2, 0) is 15.3 Å². The molecule has 0 spiro atoms. The van der Waals surface area contributed by atoms with Crippen molar-refractivity contribution in [1.82, 2.24) is 0 Å². The summed E-state index contributed by atoms with van der Waals surface area (Å²) in [7, 11) is 0. The third-order valence-electron chi connectivity index (χ3n) is 4.04. The molecule has 0 aromatic heterocycles. The van der Waals surface area contributed by atoms with Gasteiger partial charge in [0, 0.05) is 16.5 Å². The standard InChI is InChI=1S/C14H17NO3/c1-13(6-7-13)14(17-8-9-18-14)11-5-3-2-4-10(11)12(15)16/h2-5H,6-9H2,1H3,(H2,15,16). The Labute approximate surface area is 106 Å². The second kappa shape index (κ2) is 3.80. The second-order valence-electron chi connectivity index (χ2n) is 5.28. The summed E-state index contributed by atoms with van der Waals surface area (Å²) >= 11 is 0. The largest absolute Gasteiger partial charge is 0.366 e. The zero-order valence-corrected chi connectivity index (χ0v) is 10.4. The van der Waals surface area contributed by atoms with E-state index in [1.807, 2.05) is 18.2 Å². The molecule has 1 amide bonds. The van der Waals surface area contributed by atoms with Gasteiger partial charge in [0.1, 0.15) is 0 Å². The number of ether oxygens (including phenoxy) is 2. The maximum Gasteiger partial charge on any atom is 0.249 e. The number of carbonyl (C=O) groups excluding carboxylic acids is 1. The van der Waals surface area contributed by atoms with Crippen molar-refractivity contribution in [1.29, 1.82) is 0 Å². The van der Waals surface area contributed by atoms with Gasteiger partial charge in [-0.1, -0.05) is 25.1 Å². The number of carbonyl (C=O) groups is 1. The Bertz CT molecular complexity index is 488. The third-order valence-corrected chi connectivity index (χ3v) is 4.04. The van der Waals surface area contributed by atoms with Crippen molar-refractivity contribution < 1.29 is 14.3 Å². The second-order valence-corrected chi connectivity index (χ2v) is 5.28. The van der Waals surface area contributed by atoms with Crippen molar-refractivity contribution in [3.8, 4) is 0 Å². The average molecular weight is 247 g/mol. The van der Waals surface area contributed by atoms with Crippen LogP contribution in [0.1, 0.15) is 35.7 Å². The smallest absolute Gasteiger partial charge is 0.249 e. The summed E-state index contributed by atoms with van der Waals surface area (Å²) in [6.45, 7) is 3.25. The first-order valence-corrected chi connectivity index (χ1v) is 6.26. The highest BCUT2D eigenvalue weighted by Gasteiger charge is 2.61. The molecule has 0 unspecified atom stereocenters. The van der Waals surface area contributed by atoms with Gasteiger partial charge >= 0.3 is 0 Å². The lowest BCUT2D eigenvalue weighted by Crippen LogP contribution is -2.38. The summed E-state index contributed by atoms with van der Waals surface area (Å²) in [6.07, 6.45) is 2.08. The Morgan fingerprint density at radius 1 is 1.22 bits per heavy atom. The molecule has 4 nitrogen and oxygen atoms in total. The van der Waals surface area contributed by atoms with Gasteiger partial charge in [0.2, 0.25) is 11.7 Å². The number of primary amides is 1.